The summed E-state index contributed by atoms with van der Waals surface area (Å²) in [6.45, 7) is 2.62. The zero-order chi connectivity index (χ0) is 15.1. The van der Waals surface area contributed by atoms with Crippen LogP contribution in [-0.2, 0) is 0 Å². The van der Waals surface area contributed by atoms with Crippen LogP contribution in [0.15, 0.2) is 28.9 Å². The first-order valence-electron chi connectivity index (χ1n) is 6.50. The summed E-state index contributed by atoms with van der Waals surface area (Å²) in [6, 6.07) is 5.27. The standard InChI is InChI=1S/C14H14BrN5O/c1-3-20-12-9(6-8(15)7-17-12)14(21)19(2)10-4-5-11(16)18-13(10)20/h4-7H,3H2,1-2H3,(H2,16,18). The molecule has 3 heterocycles. The molecule has 108 valence electrons. The third kappa shape index (κ3) is 2.13. The molecule has 0 saturated heterocycles. The number of fused-ring (bicyclic) bond motifs is 2. The van der Waals surface area contributed by atoms with Gasteiger partial charge in [-0.2, -0.15) is 0 Å². The molecule has 1 aliphatic heterocycles. The average Bonchev–Trinajstić information content (AvgIpc) is 2.55. The van der Waals surface area contributed by atoms with Gasteiger partial charge in [0.25, 0.3) is 5.91 Å². The molecule has 2 aromatic rings. The summed E-state index contributed by atoms with van der Waals surface area (Å²) in [4.78, 5) is 24.9. The lowest BCUT2D eigenvalue weighted by Gasteiger charge is -2.23. The Morgan fingerprint density at radius 1 is 1.33 bits per heavy atom. The fraction of sp³-hybridized carbons (Fsp3) is 0.214. The van der Waals surface area contributed by atoms with Crippen LogP contribution in [0.2, 0.25) is 0 Å². The summed E-state index contributed by atoms with van der Waals surface area (Å²) in [7, 11) is 1.73. The molecule has 21 heavy (non-hydrogen) atoms. The average molecular weight is 348 g/mol. The van der Waals surface area contributed by atoms with Crippen molar-refractivity contribution in [1.29, 1.82) is 0 Å². The van der Waals surface area contributed by atoms with Crippen molar-refractivity contribution in [3.8, 4) is 0 Å². The molecule has 1 aliphatic rings. The smallest absolute Gasteiger partial charge is 0.261 e. The lowest BCUT2D eigenvalue weighted by atomic mass is 10.2. The molecule has 0 spiro atoms. The third-order valence-corrected chi connectivity index (χ3v) is 3.87. The number of nitrogens with two attached hydrogens (primary N) is 1. The molecule has 7 heteroatoms. The molecule has 0 bridgehead atoms. The van der Waals surface area contributed by atoms with Crippen molar-refractivity contribution in [2.45, 2.75) is 6.92 Å². The number of aromatic nitrogens is 2. The number of hydrogen-bond acceptors (Lipinski definition) is 5. The number of carbonyl (C=O) groups excluding carboxylic acids is 1. The summed E-state index contributed by atoms with van der Waals surface area (Å²) in [5.41, 5.74) is 7.05. The quantitative estimate of drug-likeness (QED) is 0.857. The van der Waals surface area contributed by atoms with Crippen molar-refractivity contribution in [3.63, 3.8) is 0 Å². The maximum absolute atomic E-state index is 12.7. The summed E-state index contributed by atoms with van der Waals surface area (Å²) < 4.78 is 0.762. The number of halogens is 1. The number of nitrogen functional groups attached to an aromatic ring is 1. The molecule has 0 unspecified atom stereocenters. The Kier molecular flexibility index (Phi) is 3.29. The molecule has 1 amide bonds. The Bertz CT molecular complexity index is 733. The molecule has 6 nitrogen and oxygen atoms in total. The van der Waals surface area contributed by atoms with E-state index in [0.717, 1.165) is 4.47 Å². The number of anilines is 4. The van der Waals surface area contributed by atoms with Gasteiger partial charge in [0.2, 0.25) is 0 Å². The number of nitrogens with zero attached hydrogens (tertiary/aromatic N) is 4. The van der Waals surface area contributed by atoms with Crippen LogP contribution in [0, 0.1) is 0 Å². The second-order valence-electron chi connectivity index (χ2n) is 4.71. The Labute approximate surface area is 130 Å². The Morgan fingerprint density at radius 2 is 2.10 bits per heavy atom. The van der Waals surface area contributed by atoms with E-state index in [2.05, 4.69) is 25.9 Å². The van der Waals surface area contributed by atoms with Gasteiger partial charge in [-0.1, -0.05) is 0 Å². The van der Waals surface area contributed by atoms with Gasteiger partial charge in [-0.05, 0) is 41.1 Å². The highest BCUT2D eigenvalue weighted by atomic mass is 79.9. The number of rotatable bonds is 1. The predicted octanol–water partition coefficient (Wildman–Crippen LogP) is 2.57. The predicted molar refractivity (Wildman–Crippen MR) is 86.0 cm³/mol. The van der Waals surface area contributed by atoms with Gasteiger partial charge in [0.15, 0.2) is 5.82 Å². The fourth-order valence-electron chi connectivity index (χ4n) is 2.41. The van der Waals surface area contributed by atoms with Crippen LogP contribution >= 0.6 is 15.9 Å². The first-order valence-corrected chi connectivity index (χ1v) is 7.30. The Hall–Kier alpha value is -2.15. The molecule has 0 aromatic carbocycles. The lowest BCUT2D eigenvalue weighted by Crippen LogP contribution is -2.25. The third-order valence-electron chi connectivity index (χ3n) is 3.43. The minimum Gasteiger partial charge on any atom is -0.384 e. The van der Waals surface area contributed by atoms with E-state index < -0.39 is 0 Å². The normalized spacial score (nSPS) is 13.8. The SMILES string of the molecule is CCN1c2ncc(Br)cc2C(=O)N(C)c2ccc(N)nc21. The minimum absolute atomic E-state index is 0.123. The van der Waals surface area contributed by atoms with Crippen LogP contribution in [0.4, 0.5) is 23.1 Å². The van der Waals surface area contributed by atoms with Crippen LogP contribution in [0.3, 0.4) is 0 Å². The minimum atomic E-state index is -0.123. The van der Waals surface area contributed by atoms with Crippen LogP contribution < -0.4 is 15.5 Å². The largest absolute Gasteiger partial charge is 0.384 e. The van der Waals surface area contributed by atoms with Crippen molar-refractivity contribution >= 4 is 45.0 Å². The van der Waals surface area contributed by atoms with Gasteiger partial charge in [0.1, 0.15) is 11.6 Å². The van der Waals surface area contributed by atoms with Gasteiger partial charge in [-0.15, -0.1) is 0 Å². The van der Waals surface area contributed by atoms with E-state index >= 15 is 0 Å². The van der Waals surface area contributed by atoms with E-state index in [-0.39, 0.29) is 5.91 Å². The van der Waals surface area contributed by atoms with Crippen LogP contribution in [0.1, 0.15) is 17.3 Å². The summed E-state index contributed by atoms with van der Waals surface area (Å²) in [6.07, 6.45) is 1.67. The fourth-order valence-corrected chi connectivity index (χ4v) is 2.74. The van der Waals surface area contributed by atoms with Crippen molar-refractivity contribution in [2.24, 2.45) is 0 Å². The molecule has 2 aromatic heterocycles. The van der Waals surface area contributed by atoms with E-state index in [4.69, 9.17) is 5.73 Å². The molecule has 0 fully saturated rings. The number of hydrogen-bond donors (Lipinski definition) is 1. The first-order chi connectivity index (χ1) is 10.0. The first kappa shape index (κ1) is 13.8. The Balaban J connectivity index is 2.32. The van der Waals surface area contributed by atoms with Gasteiger partial charge >= 0.3 is 0 Å². The maximum Gasteiger partial charge on any atom is 0.261 e. The number of carbonyl (C=O) groups is 1. The molecular formula is C14H14BrN5O. The summed E-state index contributed by atoms with van der Waals surface area (Å²) in [5.74, 6) is 1.52. The van der Waals surface area contributed by atoms with Gasteiger partial charge < -0.3 is 15.5 Å². The van der Waals surface area contributed by atoms with Crippen molar-refractivity contribution < 1.29 is 4.79 Å². The van der Waals surface area contributed by atoms with Gasteiger partial charge in [0.05, 0.1) is 11.3 Å². The monoisotopic (exact) mass is 347 g/mol. The molecule has 0 saturated carbocycles. The topological polar surface area (TPSA) is 75.4 Å². The van der Waals surface area contributed by atoms with Gasteiger partial charge in [-0.25, -0.2) is 9.97 Å². The highest BCUT2D eigenvalue weighted by Gasteiger charge is 2.30. The van der Waals surface area contributed by atoms with Gasteiger partial charge in [0, 0.05) is 24.3 Å². The van der Waals surface area contributed by atoms with E-state index in [1.165, 1.54) is 0 Å². The highest BCUT2D eigenvalue weighted by Crippen LogP contribution is 2.38. The molecule has 2 N–H and O–H groups in total. The van der Waals surface area contributed by atoms with Gasteiger partial charge in [-0.3, -0.25) is 4.79 Å². The van der Waals surface area contributed by atoms with Crippen molar-refractivity contribution in [1.82, 2.24) is 9.97 Å². The molecule has 3 rings (SSSR count). The Morgan fingerprint density at radius 3 is 2.81 bits per heavy atom. The second-order valence-corrected chi connectivity index (χ2v) is 5.63. The van der Waals surface area contributed by atoms with E-state index in [9.17, 15) is 4.79 Å². The molecule has 0 aliphatic carbocycles. The van der Waals surface area contributed by atoms with E-state index in [1.54, 1.807) is 36.3 Å². The number of amides is 1. The molecule has 0 radical (unpaired) electrons. The number of pyridine rings is 2. The second kappa shape index (κ2) is 5.00. The van der Waals surface area contributed by atoms with Crippen LogP contribution in [0.25, 0.3) is 0 Å². The molecule has 0 atom stereocenters. The van der Waals surface area contributed by atoms with E-state index in [0.29, 0.717) is 35.2 Å². The highest BCUT2D eigenvalue weighted by molar-refractivity contribution is 9.10. The zero-order valence-electron chi connectivity index (χ0n) is 11.7. The lowest BCUT2D eigenvalue weighted by molar-refractivity contribution is 0.0994. The summed E-state index contributed by atoms with van der Waals surface area (Å²) >= 11 is 3.36. The zero-order valence-corrected chi connectivity index (χ0v) is 13.3. The van der Waals surface area contributed by atoms with E-state index in [1.807, 2.05) is 11.8 Å². The maximum atomic E-state index is 12.7. The van der Waals surface area contributed by atoms with Crippen molar-refractivity contribution in [3.05, 3.63) is 34.4 Å². The van der Waals surface area contributed by atoms with Crippen molar-refractivity contribution in [2.75, 3.05) is 29.1 Å². The van der Waals surface area contributed by atoms with Crippen LogP contribution in [0.5, 0.6) is 0 Å². The summed E-state index contributed by atoms with van der Waals surface area (Å²) in [5, 5.41) is 0. The molecular weight excluding hydrogens is 334 g/mol. The van der Waals surface area contributed by atoms with Crippen LogP contribution in [-0.4, -0.2) is 29.5 Å².